The summed E-state index contributed by atoms with van der Waals surface area (Å²) >= 11 is 0. The molecule has 2 aromatic heterocycles. The van der Waals surface area contributed by atoms with Gasteiger partial charge in [0.25, 0.3) is 11.5 Å². The van der Waals surface area contributed by atoms with Gasteiger partial charge < -0.3 is 14.6 Å². The normalized spacial score (nSPS) is 18.1. The van der Waals surface area contributed by atoms with Gasteiger partial charge in [-0.1, -0.05) is 6.07 Å². The lowest BCUT2D eigenvalue weighted by Gasteiger charge is -2.31. The molecule has 0 spiro atoms. The summed E-state index contributed by atoms with van der Waals surface area (Å²) in [5, 5.41) is 0. The van der Waals surface area contributed by atoms with Crippen LogP contribution in [0.25, 0.3) is 0 Å². The SMILES string of the molecule is O=C(c1cnc(C2CC2)[nH]c1=O)N1CCC(OCc2cccnc2)CC1. The number of carbonyl (C=O) groups excluding carboxylic acids is 1. The van der Waals surface area contributed by atoms with Gasteiger partial charge in [-0.05, 0) is 37.3 Å². The van der Waals surface area contributed by atoms with E-state index in [1.807, 2.05) is 12.1 Å². The number of hydrogen-bond donors (Lipinski definition) is 1. The van der Waals surface area contributed by atoms with Gasteiger partial charge in [0.15, 0.2) is 0 Å². The molecule has 0 radical (unpaired) electrons. The van der Waals surface area contributed by atoms with Crippen molar-refractivity contribution >= 4 is 5.91 Å². The standard InChI is InChI=1S/C19H22N4O3/c24-18-16(11-21-17(22-18)14-3-4-14)19(25)23-8-5-15(6-9-23)26-12-13-2-1-7-20-10-13/h1-2,7,10-11,14-15H,3-6,8-9,12H2,(H,21,22,24). The van der Waals surface area contributed by atoms with Gasteiger partial charge in [-0.3, -0.25) is 14.6 Å². The average Bonchev–Trinajstić information content (AvgIpc) is 3.52. The lowest BCUT2D eigenvalue weighted by molar-refractivity contribution is -0.000517. The highest BCUT2D eigenvalue weighted by Gasteiger charge is 2.29. The monoisotopic (exact) mass is 354 g/mol. The number of aromatic nitrogens is 3. The van der Waals surface area contributed by atoms with Gasteiger partial charge in [0.05, 0.1) is 12.7 Å². The van der Waals surface area contributed by atoms with E-state index in [9.17, 15) is 9.59 Å². The predicted octanol–water partition coefficient (Wildman–Crippen LogP) is 1.86. The molecule has 4 rings (SSSR count). The molecule has 0 bridgehead atoms. The van der Waals surface area contributed by atoms with Crippen molar-refractivity contribution in [2.75, 3.05) is 13.1 Å². The Balaban J connectivity index is 1.31. The molecule has 7 heteroatoms. The van der Waals surface area contributed by atoms with Crippen LogP contribution in [0, 0.1) is 0 Å². The van der Waals surface area contributed by atoms with Gasteiger partial charge in [0.1, 0.15) is 11.4 Å². The number of rotatable bonds is 5. The largest absolute Gasteiger partial charge is 0.373 e. The zero-order valence-corrected chi connectivity index (χ0v) is 14.6. The van der Waals surface area contributed by atoms with Crippen molar-refractivity contribution in [3.63, 3.8) is 0 Å². The molecule has 136 valence electrons. The van der Waals surface area contributed by atoms with Gasteiger partial charge in [-0.15, -0.1) is 0 Å². The minimum absolute atomic E-state index is 0.118. The van der Waals surface area contributed by atoms with Crippen molar-refractivity contribution in [1.82, 2.24) is 19.9 Å². The number of pyridine rings is 1. The van der Waals surface area contributed by atoms with Crippen LogP contribution in [0.2, 0.25) is 0 Å². The quantitative estimate of drug-likeness (QED) is 0.885. The van der Waals surface area contributed by atoms with Gasteiger partial charge in [-0.2, -0.15) is 0 Å². The lowest BCUT2D eigenvalue weighted by Crippen LogP contribution is -2.42. The minimum atomic E-state index is -0.332. The van der Waals surface area contributed by atoms with Crippen molar-refractivity contribution in [2.45, 2.75) is 44.3 Å². The van der Waals surface area contributed by atoms with Crippen LogP contribution in [0.5, 0.6) is 0 Å². The Morgan fingerprint density at radius 2 is 2.04 bits per heavy atom. The van der Waals surface area contributed by atoms with Crippen LogP contribution in [0.15, 0.2) is 35.5 Å². The number of piperidine rings is 1. The van der Waals surface area contributed by atoms with Crippen LogP contribution in [-0.4, -0.2) is 45.0 Å². The second kappa shape index (κ2) is 7.37. The third-order valence-corrected chi connectivity index (χ3v) is 4.95. The Morgan fingerprint density at radius 1 is 1.23 bits per heavy atom. The topological polar surface area (TPSA) is 88.2 Å². The van der Waals surface area contributed by atoms with E-state index in [2.05, 4.69) is 15.0 Å². The smallest absolute Gasteiger partial charge is 0.263 e. The number of nitrogens with one attached hydrogen (secondary N) is 1. The van der Waals surface area contributed by atoms with Crippen LogP contribution >= 0.6 is 0 Å². The molecule has 0 aromatic carbocycles. The summed E-state index contributed by atoms with van der Waals surface area (Å²) in [4.78, 5) is 37.6. The number of nitrogens with zero attached hydrogens (tertiary/aromatic N) is 3. The van der Waals surface area contributed by atoms with E-state index in [0.29, 0.717) is 31.4 Å². The first kappa shape index (κ1) is 16.9. The van der Waals surface area contributed by atoms with Crippen LogP contribution in [0.1, 0.15) is 53.3 Å². The average molecular weight is 354 g/mol. The second-order valence-corrected chi connectivity index (χ2v) is 6.95. The fraction of sp³-hybridized carbons (Fsp3) is 0.474. The highest BCUT2D eigenvalue weighted by atomic mass is 16.5. The Hall–Kier alpha value is -2.54. The minimum Gasteiger partial charge on any atom is -0.373 e. The summed E-state index contributed by atoms with van der Waals surface area (Å²) in [6, 6.07) is 3.87. The lowest BCUT2D eigenvalue weighted by atomic mass is 10.1. The molecule has 0 atom stereocenters. The molecule has 7 nitrogen and oxygen atoms in total. The van der Waals surface area contributed by atoms with Crippen molar-refractivity contribution in [3.8, 4) is 0 Å². The third kappa shape index (κ3) is 3.83. The number of carbonyl (C=O) groups is 1. The van der Waals surface area contributed by atoms with E-state index >= 15 is 0 Å². The summed E-state index contributed by atoms with van der Waals surface area (Å²) in [5.41, 5.74) is 0.838. The van der Waals surface area contributed by atoms with Gasteiger partial charge in [-0.25, -0.2) is 4.98 Å². The zero-order valence-electron chi connectivity index (χ0n) is 14.6. The van der Waals surface area contributed by atoms with Crippen molar-refractivity contribution in [3.05, 3.63) is 58.0 Å². The second-order valence-electron chi connectivity index (χ2n) is 6.95. The van der Waals surface area contributed by atoms with Crippen LogP contribution in [-0.2, 0) is 11.3 Å². The van der Waals surface area contributed by atoms with Gasteiger partial charge >= 0.3 is 0 Å². The Morgan fingerprint density at radius 3 is 2.69 bits per heavy atom. The van der Waals surface area contributed by atoms with E-state index < -0.39 is 0 Å². The fourth-order valence-corrected chi connectivity index (χ4v) is 3.22. The van der Waals surface area contributed by atoms with Gasteiger partial charge in [0.2, 0.25) is 0 Å². The predicted molar refractivity (Wildman–Crippen MR) is 94.8 cm³/mol. The van der Waals surface area contributed by atoms with Crippen molar-refractivity contribution in [1.29, 1.82) is 0 Å². The maximum atomic E-state index is 12.6. The summed E-state index contributed by atoms with van der Waals surface area (Å²) in [6.45, 7) is 1.69. The van der Waals surface area contributed by atoms with E-state index in [4.69, 9.17) is 4.74 Å². The molecule has 2 aromatic rings. The van der Waals surface area contributed by atoms with E-state index in [-0.39, 0.29) is 23.1 Å². The molecular formula is C19H22N4O3. The summed E-state index contributed by atoms with van der Waals surface area (Å²) in [5.74, 6) is 0.820. The van der Waals surface area contributed by atoms with E-state index in [1.54, 1.807) is 17.3 Å². The Labute approximate surface area is 151 Å². The number of hydrogen-bond acceptors (Lipinski definition) is 5. The van der Waals surface area contributed by atoms with Crippen LogP contribution < -0.4 is 5.56 Å². The zero-order chi connectivity index (χ0) is 17.9. The maximum absolute atomic E-state index is 12.6. The van der Waals surface area contributed by atoms with Crippen molar-refractivity contribution < 1.29 is 9.53 Å². The molecule has 1 saturated carbocycles. The summed E-state index contributed by atoms with van der Waals surface area (Å²) in [7, 11) is 0. The molecule has 2 aliphatic rings. The fourth-order valence-electron chi connectivity index (χ4n) is 3.22. The number of aromatic amines is 1. The molecule has 3 heterocycles. The van der Waals surface area contributed by atoms with Gasteiger partial charge in [0, 0.05) is 37.6 Å². The molecular weight excluding hydrogens is 332 g/mol. The molecule has 0 unspecified atom stereocenters. The first-order valence-corrected chi connectivity index (χ1v) is 9.09. The Bertz CT molecular complexity index is 824. The Kier molecular flexibility index (Phi) is 4.79. The molecule has 26 heavy (non-hydrogen) atoms. The molecule has 1 N–H and O–H groups in total. The third-order valence-electron chi connectivity index (χ3n) is 4.95. The molecule has 1 saturated heterocycles. The highest BCUT2D eigenvalue weighted by molar-refractivity contribution is 5.93. The van der Waals surface area contributed by atoms with Crippen LogP contribution in [0.4, 0.5) is 0 Å². The van der Waals surface area contributed by atoms with Crippen LogP contribution in [0.3, 0.4) is 0 Å². The molecule has 2 fully saturated rings. The highest BCUT2D eigenvalue weighted by Crippen LogP contribution is 2.37. The van der Waals surface area contributed by atoms with Crippen molar-refractivity contribution in [2.24, 2.45) is 0 Å². The number of ether oxygens (including phenoxy) is 1. The van der Waals surface area contributed by atoms with E-state index in [0.717, 1.165) is 31.2 Å². The maximum Gasteiger partial charge on any atom is 0.263 e. The molecule has 1 aliphatic carbocycles. The first-order chi connectivity index (χ1) is 12.7. The molecule has 1 amide bonds. The molecule has 1 aliphatic heterocycles. The first-order valence-electron chi connectivity index (χ1n) is 9.09. The number of amides is 1. The number of H-pyrrole nitrogens is 1. The van der Waals surface area contributed by atoms with E-state index in [1.165, 1.54) is 6.20 Å². The summed E-state index contributed by atoms with van der Waals surface area (Å²) < 4.78 is 5.92. The number of likely N-dealkylation sites (tertiary alicyclic amines) is 1. The summed E-state index contributed by atoms with van der Waals surface area (Å²) in [6.07, 6.45) is 8.72.